The number of amides is 2. The van der Waals surface area contributed by atoms with Crippen molar-refractivity contribution in [3.8, 4) is 0 Å². The van der Waals surface area contributed by atoms with Crippen molar-refractivity contribution in [3.05, 3.63) is 11.1 Å². The molecule has 0 spiro atoms. The molecule has 0 N–H and O–H groups in total. The van der Waals surface area contributed by atoms with Gasteiger partial charge in [-0.1, -0.05) is 0 Å². The van der Waals surface area contributed by atoms with Gasteiger partial charge in [0.2, 0.25) is 11.8 Å². The molecule has 0 saturated carbocycles. The second-order valence-corrected chi connectivity index (χ2v) is 7.58. The third-order valence-corrected chi connectivity index (χ3v) is 5.92. The Morgan fingerprint density at radius 3 is 2.62 bits per heavy atom. The van der Waals surface area contributed by atoms with Gasteiger partial charge in [-0.15, -0.1) is 11.3 Å². The molecule has 0 bridgehead atoms. The van der Waals surface area contributed by atoms with Crippen LogP contribution in [0, 0.1) is 12.8 Å². The Kier molecular flexibility index (Phi) is 5.38. The number of hydrogen-bond donors (Lipinski definition) is 0. The average molecular weight is 350 g/mol. The summed E-state index contributed by atoms with van der Waals surface area (Å²) in [6, 6.07) is 0. The first-order valence-corrected chi connectivity index (χ1v) is 9.64. The lowest BCUT2D eigenvalue weighted by Crippen LogP contribution is -2.47. The number of likely N-dealkylation sites (tertiary alicyclic amines) is 1. The van der Waals surface area contributed by atoms with Gasteiger partial charge < -0.3 is 14.7 Å². The minimum atomic E-state index is -0.0312. The molecule has 0 radical (unpaired) electrons. The van der Waals surface area contributed by atoms with E-state index in [2.05, 4.69) is 15.3 Å². The number of nitrogens with zero attached hydrogens (tertiary/aromatic N) is 4. The number of piperidine rings is 1. The van der Waals surface area contributed by atoms with Gasteiger partial charge >= 0.3 is 0 Å². The van der Waals surface area contributed by atoms with E-state index in [-0.39, 0.29) is 17.7 Å². The number of thiazole rings is 1. The maximum absolute atomic E-state index is 12.9. The fourth-order valence-electron chi connectivity index (χ4n) is 3.54. The maximum atomic E-state index is 12.9. The van der Waals surface area contributed by atoms with Gasteiger partial charge in [0.15, 0.2) is 5.13 Å². The van der Waals surface area contributed by atoms with E-state index >= 15 is 0 Å². The molecule has 0 aromatic carbocycles. The molecule has 2 amide bonds. The number of aromatic nitrogens is 1. The highest BCUT2D eigenvalue weighted by Crippen LogP contribution is 2.23. The van der Waals surface area contributed by atoms with Crippen molar-refractivity contribution in [1.29, 1.82) is 0 Å². The van der Waals surface area contributed by atoms with Crippen LogP contribution in [0.1, 0.15) is 31.9 Å². The van der Waals surface area contributed by atoms with Gasteiger partial charge in [0.1, 0.15) is 0 Å². The van der Waals surface area contributed by atoms with Crippen molar-refractivity contribution in [3.63, 3.8) is 0 Å². The number of carbonyl (C=O) groups is 2. The molecule has 2 saturated heterocycles. The average Bonchev–Trinajstić information content (AvgIpc) is 2.87. The van der Waals surface area contributed by atoms with Crippen LogP contribution in [0.4, 0.5) is 5.13 Å². The molecule has 132 valence electrons. The van der Waals surface area contributed by atoms with Crippen LogP contribution in [0.3, 0.4) is 0 Å². The van der Waals surface area contributed by atoms with Crippen molar-refractivity contribution in [2.75, 3.05) is 44.2 Å². The standard InChI is InChI=1S/C17H26N4O2S/c1-13-12-24-17(18-13)20-8-4-7-19(9-10-20)16(23)15-5-3-6-21(11-15)14(2)22/h12,15H,3-11H2,1-2H3. The number of anilines is 1. The normalized spacial score (nSPS) is 22.4. The number of aryl methyl sites for hydroxylation is 1. The van der Waals surface area contributed by atoms with Crippen LogP contribution in [0.5, 0.6) is 0 Å². The summed E-state index contributed by atoms with van der Waals surface area (Å²) in [7, 11) is 0. The van der Waals surface area contributed by atoms with Crippen LogP contribution in [-0.4, -0.2) is 65.9 Å². The molecule has 2 fully saturated rings. The first-order chi connectivity index (χ1) is 11.5. The summed E-state index contributed by atoms with van der Waals surface area (Å²) < 4.78 is 0. The van der Waals surface area contributed by atoms with Gasteiger partial charge in [0, 0.05) is 51.6 Å². The van der Waals surface area contributed by atoms with E-state index in [0.717, 1.165) is 62.8 Å². The molecule has 3 rings (SSSR count). The summed E-state index contributed by atoms with van der Waals surface area (Å²) in [6.45, 7) is 8.30. The second kappa shape index (κ2) is 7.51. The van der Waals surface area contributed by atoms with E-state index in [1.165, 1.54) is 0 Å². The molecule has 0 aliphatic carbocycles. The van der Waals surface area contributed by atoms with E-state index in [9.17, 15) is 9.59 Å². The van der Waals surface area contributed by atoms with E-state index in [1.807, 2.05) is 16.7 Å². The molecule has 1 atom stereocenters. The van der Waals surface area contributed by atoms with Gasteiger partial charge in [0.25, 0.3) is 0 Å². The largest absolute Gasteiger partial charge is 0.346 e. The van der Waals surface area contributed by atoms with E-state index in [4.69, 9.17) is 0 Å². The lowest BCUT2D eigenvalue weighted by molar-refractivity contribution is -0.140. The van der Waals surface area contributed by atoms with Gasteiger partial charge in [-0.3, -0.25) is 9.59 Å². The third-order valence-electron chi connectivity index (χ3n) is 4.90. The van der Waals surface area contributed by atoms with Gasteiger partial charge in [-0.25, -0.2) is 4.98 Å². The molecule has 2 aliphatic heterocycles. The zero-order valence-electron chi connectivity index (χ0n) is 14.5. The topological polar surface area (TPSA) is 56.8 Å². The second-order valence-electron chi connectivity index (χ2n) is 6.74. The summed E-state index contributed by atoms with van der Waals surface area (Å²) in [5, 5.41) is 3.13. The van der Waals surface area contributed by atoms with E-state index in [1.54, 1.807) is 18.3 Å². The van der Waals surface area contributed by atoms with Crippen molar-refractivity contribution in [2.24, 2.45) is 5.92 Å². The highest BCUT2D eigenvalue weighted by molar-refractivity contribution is 7.13. The number of carbonyl (C=O) groups excluding carboxylic acids is 2. The van der Waals surface area contributed by atoms with Crippen LogP contribution < -0.4 is 4.90 Å². The Bertz CT molecular complexity index is 603. The molecule has 7 heteroatoms. The van der Waals surface area contributed by atoms with E-state index in [0.29, 0.717) is 6.54 Å². The fraction of sp³-hybridized carbons (Fsp3) is 0.706. The third kappa shape index (κ3) is 3.88. The fourth-order valence-corrected chi connectivity index (χ4v) is 4.40. The molecule has 1 unspecified atom stereocenters. The smallest absolute Gasteiger partial charge is 0.227 e. The van der Waals surface area contributed by atoms with Crippen LogP contribution >= 0.6 is 11.3 Å². The molecule has 24 heavy (non-hydrogen) atoms. The summed E-state index contributed by atoms with van der Waals surface area (Å²) in [6.07, 6.45) is 2.79. The maximum Gasteiger partial charge on any atom is 0.227 e. The van der Waals surface area contributed by atoms with Crippen molar-refractivity contribution in [2.45, 2.75) is 33.1 Å². The summed E-state index contributed by atoms with van der Waals surface area (Å²) in [5.74, 6) is 0.267. The summed E-state index contributed by atoms with van der Waals surface area (Å²) in [4.78, 5) is 35.1. The highest BCUT2D eigenvalue weighted by atomic mass is 32.1. The predicted octanol–water partition coefficient (Wildman–Crippen LogP) is 1.75. The molecule has 2 aliphatic rings. The van der Waals surface area contributed by atoms with Crippen LogP contribution in [0.2, 0.25) is 0 Å². The predicted molar refractivity (Wildman–Crippen MR) is 95.2 cm³/mol. The van der Waals surface area contributed by atoms with Gasteiger partial charge in [-0.2, -0.15) is 0 Å². The summed E-state index contributed by atoms with van der Waals surface area (Å²) >= 11 is 1.67. The van der Waals surface area contributed by atoms with Gasteiger partial charge in [-0.05, 0) is 26.2 Å². The van der Waals surface area contributed by atoms with Gasteiger partial charge in [0.05, 0.1) is 11.6 Å². The monoisotopic (exact) mass is 350 g/mol. The number of hydrogen-bond acceptors (Lipinski definition) is 5. The minimum absolute atomic E-state index is 0.0312. The minimum Gasteiger partial charge on any atom is -0.346 e. The zero-order valence-corrected chi connectivity index (χ0v) is 15.3. The lowest BCUT2D eigenvalue weighted by Gasteiger charge is -2.34. The van der Waals surface area contributed by atoms with Crippen molar-refractivity contribution < 1.29 is 9.59 Å². The first kappa shape index (κ1) is 17.2. The molecule has 6 nitrogen and oxygen atoms in total. The molecule has 1 aromatic rings. The highest BCUT2D eigenvalue weighted by Gasteiger charge is 2.31. The Morgan fingerprint density at radius 1 is 1.12 bits per heavy atom. The molecule has 3 heterocycles. The van der Waals surface area contributed by atoms with Crippen molar-refractivity contribution in [1.82, 2.24) is 14.8 Å². The SMILES string of the molecule is CC(=O)N1CCCC(C(=O)N2CCCN(c3nc(C)cs3)CC2)C1. The Labute approximate surface area is 147 Å². The number of rotatable bonds is 2. The van der Waals surface area contributed by atoms with Crippen LogP contribution in [0.15, 0.2) is 5.38 Å². The molecular weight excluding hydrogens is 324 g/mol. The van der Waals surface area contributed by atoms with Crippen LogP contribution in [-0.2, 0) is 9.59 Å². The first-order valence-electron chi connectivity index (χ1n) is 8.76. The Morgan fingerprint density at radius 2 is 1.92 bits per heavy atom. The Balaban J connectivity index is 1.59. The molecule has 1 aromatic heterocycles. The Hall–Kier alpha value is -1.63. The quantitative estimate of drug-likeness (QED) is 0.815. The van der Waals surface area contributed by atoms with Crippen molar-refractivity contribution >= 4 is 28.3 Å². The summed E-state index contributed by atoms with van der Waals surface area (Å²) in [5.41, 5.74) is 1.05. The molecular formula is C17H26N4O2S. The lowest BCUT2D eigenvalue weighted by atomic mass is 9.96. The van der Waals surface area contributed by atoms with Crippen LogP contribution in [0.25, 0.3) is 0 Å². The van der Waals surface area contributed by atoms with E-state index < -0.39 is 0 Å². The zero-order chi connectivity index (χ0) is 17.1.